The van der Waals surface area contributed by atoms with Crippen LogP contribution in [0.25, 0.3) is 0 Å². The number of aliphatic hydroxyl groups is 1. The van der Waals surface area contributed by atoms with Crippen LogP contribution in [-0.2, 0) is 23.7 Å². The molecule has 2 bridgehead atoms. The minimum atomic E-state index is -0.685. The molecule has 2 spiro atoms. The normalized spacial score (nSPS) is 62.6. The van der Waals surface area contributed by atoms with E-state index in [0.717, 1.165) is 57.8 Å². The largest absolute Gasteiger partial charge is 0.455 e. The van der Waals surface area contributed by atoms with E-state index in [1.807, 2.05) is 13.8 Å². The third kappa shape index (κ3) is 2.33. The van der Waals surface area contributed by atoms with Crippen LogP contribution in [0.1, 0.15) is 92.4 Å². The smallest absolute Gasteiger partial charge is 0.313 e. The van der Waals surface area contributed by atoms with Crippen LogP contribution in [0.15, 0.2) is 12.2 Å². The maximum atomic E-state index is 13.7. The van der Waals surface area contributed by atoms with Gasteiger partial charge in [-0.05, 0) is 94.3 Å². The van der Waals surface area contributed by atoms with Crippen LogP contribution in [0.3, 0.4) is 0 Å². The average Bonchev–Trinajstić information content (AvgIpc) is 3.50. The van der Waals surface area contributed by atoms with Gasteiger partial charge in [-0.1, -0.05) is 32.9 Å². The third-order valence-electron chi connectivity index (χ3n) is 14.1. The van der Waals surface area contributed by atoms with Crippen LogP contribution in [0, 0.1) is 39.4 Å². The zero-order valence-corrected chi connectivity index (χ0v) is 23.2. The van der Waals surface area contributed by atoms with Gasteiger partial charge in [-0.15, -0.1) is 0 Å². The molecule has 3 heterocycles. The number of fused-ring (bicyclic) bond motifs is 7. The predicted octanol–water partition coefficient (Wildman–Crippen LogP) is 4.92. The Kier molecular flexibility index (Phi) is 4.20. The lowest BCUT2D eigenvalue weighted by molar-refractivity contribution is -0.292. The van der Waals surface area contributed by atoms with Crippen LogP contribution >= 0.6 is 0 Å². The first-order valence-electron chi connectivity index (χ1n) is 14.9. The SMILES string of the molecule is C=C1CC[C@@]23CC[C@]4(C)[C@](OC2=O)([C@H]2O[C@H]2[C@@H]2[C@@]5(C)CC[C@H](O)[C@@]6(COC(C)(C)O6)[C@H]5CC[C@]24C)[C@H]3C1. The van der Waals surface area contributed by atoms with E-state index in [4.69, 9.17) is 18.9 Å². The van der Waals surface area contributed by atoms with Gasteiger partial charge in [0, 0.05) is 11.3 Å². The van der Waals surface area contributed by atoms with Crippen molar-refractivity contribution in [2.24, 2.45) is 39.4 Å². The summed E-state index contributed by atoms with van der Waals surface area (Å²) in [5.74, 6) is 0.0695. The van der Waals surface area contributed by atoms with Gasteiger partial charge in [-0.3, -0.25) is 4.79 Å². The van der Waals surface area contributed by atoms with Gasteiger partial charge in [-0.25, -0.2) is 0 Å². The van der Waals surface area contributed by atoms with Crippen molar-refractivity contribution in [3.05, 3.63) is 12.2 Å². The lowest BCUT2D eigenvalue weighted by Crippen LogP contribution is -2.75. The molecular weight excluding hydrogens is 468 g/mol. The quantitative estimate of drug-likeness (QED) is 0.282. The number of aliphatic hydroxyl groups excluding tert-OH is 1. The summed E-state index contributed by atoms with van der Waals surface area (Å²) in [5.41, 5.74) is -0.540. The van der Waals surface area contributed by atoms with Gasteiger partial charge in [0.05, 0.1) is 24.2 Å². The second-order valence-electron chi connectivity index (χ2n) is 15.5. The fourth-order valence-corrected chi connectivity index (χ4v) is 12.3. The second kappa shape index (κ2) is 6.50. The zero-order valence-electron chi connectivity index (χ0n) is 23.2. The van der Waals surface area contributed by atoms with E-state index in [1.54, 1.807) is 0 Å². The summed E-state index contributed by atoms with van der Waals surface area (Å²) in [6.07, 6.45) is 7.90. The van der Waals surface area contributed by atoms with Crippen LogP contribution in [0.2, 0.25) is 0 Å². The maximum Gasteiger partial charge on any atom is 0.313 e. The van der Waals surface area contributed by atoms with Crippen molar-refractivity contribution in [3.63, 3.8) is 0 Å². The third-order valence-corrected chi connectivity index (χ3v) is 14.1. The summed E-state index contributed by atoms with van der Waals surface area (Å²) < 4.78 is 26.4. The summed E-state index contributed by atoms with van der Waals surface area (Å²) in [4.78, 5) is 13.7. The van der Waals surface area contributed by atoms with E-state index >= 15 is 0 Å². The first-order chi connectivity index (χ1) is 17.3. The average molecular weight is 513 g/mol. The highest BCUT2D eigenvalue weighted by atomic mass is 16.8. The lowest BCUT2D eigenvalue weighted by Gasteiger charge is -2.72. The van der Waals surface area contributed by atoms with Gasteiger partial charge < -0.3 is 24.1 Å². The number of carbonyl (C=O) groups excluding carboxylic acids is 1. The second-order valence-corrected chi connectivity index (χ2v) is 15.5. The van der Waals surface area contributed by atoms with Crippen molar-refractivity contribution in [2.45, 2.75) is 128 Å². The molecule has 5 saturated carbocycles. The Morgan fingerprint density at radius 1 is 0.973 bits per heavy atom. The Hall–Kier alpha value is -0.950. The Morgan fingerprint density at radius 2 is 1.76 bits per heavy atom. The molecule has 8 fully saturated rings. The van der Waals surface area contributed by atoms with Gasteiger partial charge in [-0.2, -0.15) is 0 Å². The molecular formula is C31H44O6. The number of esters is 1. The van der Waals surface area contributed by atoms with E-state index in [2.05, 4.69) is 27.4 Å². The highest BCUT2D eigenvalue weighted by molar-refractivity contribution is 5.82. The molecule has 6 heteroatoms. The molecule has 3 aliphatic heterocycles. The number of rotatable bonds is 0. The molecule has 204 valence electrons. The van der Waals surface area contributed by atoms with Gasteiger partial charge >= 0.3 is 5.97 Å². The molecule has 0 radical (unpaired) electrons. The fraction of sp³-hybridized carbons (Fsp3) is 0.903. The number of epoxide rings is 1. The van der Waals surface area contributed by atoms with E-state index in [0.29, 0.717) is 12.5 Å². The molecule has 5 aliphatic carbocycles. The summed E-state index contributed by atoms with van der Waals surface area (Å²) in [5, 5.41) is 11.4. The minimum Gasteiger partial charge on any atom is -0.455 e. The van der Waals surface area contributed by atoms with Gasteiger partial charge in [0.2, 0.25) is 0 Å². The number of allylic oxidation sites excluding steroid dienone is 1. The number of hydrogen-bond acceptors (Lipinski definition) is 6. The first-order valence-corrected chi connectivity index (χ1v) is 14.9. The monoisotopic (exact) mass is 512 g/mol. The molecule has 12 atom stereocenters. The van der Waals surface area contributed by atoms with Crippen molar-refractivity contribution in [2.75, 3.05) is 6.61 Å². The standard InChI is InChI=1S/C31H44O6/c1-17-7-12-29-14-13-28(6)27(5)11-8-18-26(4,10-9-20(32)30(18)16-34-25(2,3)37-30)22(27)21-23(35-21)31(28,19(29)15-17)36-24(29)33/h18-23,32H,1,7-16H2,2-6H3/t18-,19-,20-,21-,22+,23-,26-,27+,28-,29-,30+,31+/m0/s1. The Labute approximate surface area is 220 Å². The summed E-state index contributed by atoms with van der Waals surface area (Å²) in [6, 6.07) is 0. The van der Waals surface area contributed by atoms with Crippen LogP contribution in [0.5, 0.6) is 0 Å². The summed E-state index contributed by atoms with van der Waals surface area (Å²) >= 11 is 0. The fourth-order valence-electron chi connectivity index (χ4n) is 12.3. The van der Waals surface area contributed by atoms with Crippen molar-refractivity contribution >= 4 is 5.97 Å². The molecule has 6 nitrogen and oxygen atoms in total. The van der Waals surface area contributed by atoms with Crippen molar-refractivity contribution in [1.82, 2.24) is 0 Å². The van der Waals surface area contributed by atoms with Crippen LogP contribution in [-0.4, -0.2) is 53.0 Å². The zero-order chi connectivity index (χ0) is 26.0. The molecule has 0 unspecified atom stereocenters. The van der Waals surface area contributed by atoms with E-state index < -0.39 is 23.1 Å². The summed E-state index contributed by atoms with van der Waals surface area (Å²) in [7, 11) is 0. The highest BCUT2D eigenvalue weighted by Crippen LogP contribution is 2.83. The molecule has 0 aromatic heterocycles. The maximum absolute atomic E-state index is 13.7. The Bertz CT molecular complexity index is 1120. The molecule has 3 saturated heterocycles. The molecule has 8 rings (SSSR count). The van der Waals surface area contributed by atoms with E-state index in [-0.39, 0.29) is 51.7 Å². The van der Waals surface area contributed by atoms with Crippen molar-refractivity contribution in [3.8, 4) is 0 Å². The lowest BCUT2D eigenvalue weighted by atomic mass is 9.31. The van der Waals surface area contributed by atoms with Gasteiger partial charge in [0.15, 0.2) is 11.4 Å². The van der Waals surface area contributed by atoms with Gasteiger partial charge in [0.25, 0.3) is 0 Å². The van der Waals surface area contributed by atoms with E-state index in [9.17, 15) is 9.90 Å². The van der Waals surface area contributed by atoms with Crippen molar-refractivity contribution in [1.29, 1.82) is 0 Å². The van der Waals surface area contributed by atoms with Crippen LogP contribution in [0.4, 0.5) is 0 Å². The predicted molar refractivity (Wildman–Crippen MR) is 135 cm³/mol. The molecule has 0 aromatic rings. The molecule has 0 amide bonds. The number of ether oxygens (including phenoxy) is 4. The minimum absolute atomic E-state index is 0.0341. The number of hydrogen-bond donors (Lipinski definition) is 1. The van der Waals surface area contributed by atoms with Crippen LogP contribution < -0.4 is 0 Å². The summed E-state index contributed by atoms with van der Waals surface area (Å²) in [6.45, 7) is 16.2. The first kappa shape index (κ1) is 23.9. The number of carbonyl (C=O) groups is 1. The van der Waals surface area contributed by atoms with Crippen molar-refractivity contribution < 1.29 is 28.8 Å². The Morgan fingerprint density at radius 3 is 2.49 bits per heavy atom. The van der Waals surface area contributed by atoms with Gasteiger partial charge in [0.1, 0.15) is 11.7 Å². The Balaban J connectivity index is 1.25. The molecule has 1 N–H and O–H groups in total. The topological polar surface area (TPSA) is 77.5 Å². The molecule has 0 aromatic carbocycles. The van der Waals surface area contributed by atoms with E-state index in [1.165, 1.54) is 5.57 Å². The molecule has 37 heavy (non-hydrogen) atoms. The molecule has 8 aliphatic rings. The highest BCUT2D eigenvalue weighted by Gasteiger charge is 2.89.